The van der Waals surface area contributed by atoms with Gasteiger partial charge in [0.25, 0.3) is 0 Å². The normalized spacial score (nSPS) is 10.7. The second-order valence-electron chi connectivity index (χ2n) is 2.75. The molecule has 0 aromatic carbocycles. The van der Waals surface area contributed by atoms with E-state index in [0.717, 1.165) is 29.5 Å². The van der Waals surface area contributed by atoms with Gasteiger partial charge in [-0.3, -0.25) is 4.68 Å². The minimum Gasteiger partial charge on any atom is -0.311 e. The van der Waals surface area contributed by atoms with Crippen LogP contribution < -0.4 is 5.32 Å². The first kappa shape index (κ1) is 9.55. The highest BCUT2D eigenvalue weighted by Crippen LogP contribution is 2.18. The Labute approximate surface area is 77.7 Å². The summed E-state index contributed by atoms with van der Waals surface area (Å²) in [5, 5.41) is 8.20. The summed E-state index contributed by atoms with van der Waals surface area (Å²) in [6.07, 6.45) is 0. The quantitative estimate of drug-likeness (QED) is 0.777. The molecule has 4 heteroatoms. The highest BCUT2D eigenvalue weighted by Gasteiger charge is 2.09. The molecular formula is C8H14ClN3. The maximum Gasteiger partial charge on any atom is 0.0860 e. The lowest BCUT2D eigenvalue weighted by atomic mass is 10.3. The molecule has 1 N–H and O–H groups in total. The van der Waals surface area contributed by atoms with Crippen molar-refractivity contribution in [3.8, 4) is 0 Å². The molecule has 0 radical (unpaired) electrons. The number of rotatable bonds is 3. The fourth-order valence-corrected chi connectivity index (χ4v) is 1.34. The third-order valence-electron chi connectivity index (χ3n) is 1.80. The van der Waals surface area contributed by atoms with Crippen molar-refractivity contribution in [1.82, 2.24) is 15.1 Å². The van der Waals surface area contributed by atoms with Crippen LogP contribution in [0.3, 0.4) is 0 Å². The first-order valence-electron chi connectivity index (χ1n) is 4.05. The first-order valence-corrected chi connectivity index (χ1v) is 4.43. The van der Waals surface area contributed by atoms with E-state index in [1.807, 2.05) is 18.7 Å². The highest BCUT2D eigenvalue weighted by molar-refractivity contribution is 6.31. The van der Waals surface area contributed by atoms with Crippen LogP contribution in [0, 0.1) is 6.92 Å². The van der Waals surface area contributed by atoms with E-state index in [1.165, 1.54) is 0 Å². The Hall–Kier alpha value is -0.540. The van der Waals surface area contributed by atoms with Gasteiger partial charge in [0.05, 0.1) is 16.4 Å². The molecule has 12 heavy (non-hydrogen) atoms. The summed E-state index contributed by atoms with van der Waals surface area (Å²) in [7, 11) is 1.91. The van der Waals surface area contributed by atoms with Crippen LogP contribution in [0.5, 0.6) is 0 Å². The van der Waals surface area contributed by atoms with E-state index in [4.69, 9.17) is 11.6 Å². The average Bonchev–Trinajstić information content (AvgIpc) is 2.25. The monoisotopic (exact) mass is 187 g/mol. The molecule has 0 spiro atoms. The van der Waals surface area contributed by atoms with Gasteiger partial charge < -0.3 is 5.32 Å². The molecule has 0 unspecified atom stereocenters. The molecule has 1 heterocycles. The maximum atomic E-state index is 6.03. The van der Waals surface area contributed by atoms with Crippen LogP contribution in [0.15, 0.2) is 0 Å². The van der Waals surface area contributed by atoms with Crippen molar-refractivity contribution in [3.05, 3.63) is 16.4 Å². The highest BCUT2D eigenvalue weighted by atomic mass is 35.5. The van der Waals surface area contributed by atoms with E-state index in [-0.39, 0.29) is 0 Å². The molecule has 1 aromatic heterocycles. The smallest absolute Gasteiger partial charge is 0.0860 e. The molecule has 0 bridgehead atoms. The lowest BCUT2D eigenvalue weighted by Gasteiger charge is -2.02. The third kappa shape index (κ3) is 1.79. The molecule has 0 atom stereocenters. The summed E-state index contributed by atoms with van der Waals surface area (Å²) >= 11 is 6.03. The largest absolute Gasteiger partial charge is 0.311 e. The van der Waals surface area contributed by atoms with Gasteiger partial charge in [-0.2, -0.15) is 5.10 Å². The summed E-state index contributed by atoms with van der Waals surface area (Å²) in [5.74, 6) is 0. The Morgan fingerprint density at radius 3 is 2.67 bits per heavy atom. The van der Waals surface area contributed by atoms with E-state index in [9.17, 15) is 0 Å². The number of hydrogen-bond acceptors (Lipinski definition) is 2. The second kappa shape index (κ2) is 3.92. The van der Waals surface area contributed by atoms with Crippen LogP contribution in [0.1, 0.15) is 18.3 Å². The van der Waals surface area contributed by atoms with Gasteiger partial charge in [-0.25, -0.2) is 0 Å². The van der Waals surface area contributed by atoms with Gasteiger partial charge in [-0.05, 0) is 13.5 Å². The lowest BCUT2D eigenvalue weighted by molar-refractivity contribution is 0.641. The SMILES string of the molecule is CCNCc1c(Cl)c(C)nn1C. The number of halogens is 1. The number of nitrogens with one attached hydrogen (secondary N) is 1. The van der Waals surface area contributed by atoms with Crippen LogP contribution in [0.4, 0.5) is 0 Å². The van der Waals surface area contributed by atoms with Gasteiger partial charge >= 0.3 is 0 Å². The minimum absolute atomic E-state index is 0.776. The zero-order valence-corrected chi connectivity index (χ0v) is 8.44. The second-order valence-corrected chi connectivity index (χ2v) is 3.13. The number of hydrogen-bond donors (Lipinski definition) is 1. The van der Waals surface area contributed by atoms with Crippen LogP contribution in [-0.2, 0) is 13.6 Å². The van der Waals surface area contributed by atoms with Crippen LogP contribution in [0.25, 0.3) is 0 Å². The lowest BCUT2D eigenvalue weighted by Crippen LogP contribution is -2.14. The summed E-state index contributed by atoms with van der Waals surface area (Å²) < 4.78 is 1.82. The average molecular weight is 188 g/mol. The zero-order valence-electron chi connectivity index (χ0n) is 7.69. The molecule has 0 aliphatic carbocycles. The molecule has 0 aliphatic heterocycles. The zero-order chi connectivity index (χ0) is 9.14. The fourth-order valence-electron chi connectivity index (χ4n) is 1.12. The Bertz CT molecular complexity index is 268. The first-order chi connectivity index (χ1) is 5.66. The predicted molar refractivity (Wildman–Crippen MR) is 50.3 cm³/mol. The van der Waals surface area contributed by atoms with Gasteiger partial charge in [-0.15, -0.1) is 0 Å². The van der Waals surface area contributed by atoms with Crippen molar-refractivity contribution in [1.29, 1.82) is 0 Å². The topological polar surface area (TPSA) is 29.9 Å². The number of aryl methyl sites for hydroxylation is 2. The Balaban J connectivity index is 2.82. The van der Waals surface area contributed by atoms with Gasteiger partial charge in [0.2, 0.25) is 0 Å². The van der Waals surface area contributed by atoms with Crippen LogP contribution >= 0.6 is 11.6 Å². The molecule has 1 rings (SSSR count). The van der Waals surface area contributed by atoms with E-state index in [1.54, 1.807) is 0 Å². The summed E-state index contributed by atoms with van der Waals surface area (Å²) in [6.45, 7) is 5.71. The van der Waals surface area contributed by atoms with E-state index < -0.39 is 0 Å². The fraction of sp³-hybridized carbons (Fsp3) is 0.625. The number of nitrogens with zero attached hydrogens (tertiary/aromatic N) is 2. The third-order valence-corrected chi connectivity index (χ3v) is 2.30. The van der Waals surface area contributed by atoms with E-state index in [0.29, 0.717) is 0 Å². The molecule has 68 valence electrons. The summed E-state index contributed by atoms with van der Waals surface area (Å²) in [4.78, 5) is 0. The van der Waals surface area contributed by atoms with Crippen LogP contribution in [-0.4, -0.2) is 16.3 Å². The van der Waals surface area contributed by atoms with Crippen molar-refractivity contribution in [2.24, 2.45) is 7.05 Å². The van der Waals surface area contributed by atoms with E-state index >= 15 is 0 Å². The molecular weight excluding hydrogens is 174 g/mol. The molecule has 0 saturated heterocycles. The molecule has 0 amide bonds. The van der Waals surface area contributed by atoms with E-state index in [2.05, 4.69) is 17.3 Å². The predicted octanol–water partition coefficient (Wildman–Crippen LogP) is 1.49. The Morgan fingerprint density at radius 2 is 2.25 bits per heavy atom. The van der Waals surface area contributed by atoms with Gasteiger partial charge in [-0.1, -0.05) is 18.5 Å². The van der Waals surface area contributed by atoms with Crippen molar-refractivity contribution in [3.63, 3.8) is 0 Å². The molecule has 0 aliphatic rings. The van der Waals surface area contributed by atoms with Crippen LogP contribution in [0.2, 0.25) is 5.02 Å². The maximum absolute atomic E-state index is 6.03. The Kier molecular flexibility index (Phi) is 3.12. The van der Waals surface area contributed by atoms with Gasteiger partial charge in [0.15, 0.2) is 0 Å². The molecule has 0 fully saturated rings. The molecule has 0 saturated carbocycles. The molecule has 1 aromatic rings. The van der Waals surface area contributed by atoms with Crippen molar-refractivity contribution in [2.75, 3.05) is 6.54 Å². The standard InChI is InChI=1S/C8H14ClN3/c1-4-10-5-7-8(9)6(2)11-12(7)3/h10H,4-5H2,1-3H3. The van der Waals surface area contributed by atoms with Gasteiger partial charge in [0.1, 0.15) is 0 Å². The van der Waals surface area contributed by atoms with Crippen molar-refractivity contribution < 1.29 is 0 Å². The minimum atomic E-state index is 0.776. The molecule has 3 nitrogen and oxygen atoms in total. The Morgan fingerprint density at radius 1 is 1.58 bits per heavy atom. The van der Waals surface area contributed by atoms with Gasteiger partial charge in [0, 0.05) is 13.6 Å². The van der Waals surface area contributed by atoms with Crippen molar-refractivity contribution >= 4 is 11.6 Å². The summed E-state index contributed by atoms with van der Waals surface area (Å²) in [5.41, 5.74) is 1.95. The number of aromatic nitrogens is 2. The summed E-state index contributed by atoms with van der Waals surface area (Å²) in [6, 6.07) is 0. The van der Waals surface area contributed by atoms with Crippen molar-refractivity contribution in [2.45, 2.75) is 20.4 Å².